The number of carbonyl (C=O) groups is 2. The summed E-state index contributed by atoms with van der Waals surface area (Å²) >= 11 is 0. The molecular weight excluding hydrogens is 527 g/mol. The van der Waals surface area contributed by atoms with E-state index in [1.54, 1.807) is 19.1 Å². The smallest absolute Gasteiger partial charge is 0.343 e. The van der Waals surface area contributed by atoms with Gasteiger partial charge in [0.15, 0.2) is 11.5 Å². The molecule has 0 radical (unpaired) electrons. The number of hydrogen-bond acceptors (Lipinski definition) is 9. The highest BCUT2D eigenvalue weighted by Crippen LogP contribution is 2.53. The third kappa shape index (κ3) is 5.80. The molecule has 1 unspecified atom stereocenters. The number of fused-ring (bicyclic) bond motifs is 1. The van der Waals surface area contributed by atoms with E-state index in [1.165, 1.54) is 32.4 Å². The summed E-state index contributed by atoms with van der Waals surface area (Å²) in [6, 6.07) is 7.42. The van der Waals surface area contributed by atoms with Crippen LogP contribution in [0.3, 0.4) is 0 Å². The van der Waals surface area contributed by atoms with Gasteiger partial charge in [0.25, 0.3) is 5.56 Å². The van der Waals surface area contributed by atoms with Crippen LogP contribution in [0.2, 0.25) is 0 Å². The number of amides is 1. The van der Waals surface area contributed by atoms with E-state index >= 15 is 0 Å². The lowest BCUT2D eigenvalue weighted by Gasteiger charge is -2.23. The zero-order valence-electron chi connectivity index (χ0n) is 22.2. The Bertz CT molecular complexity index is 1450. The lowest BCUT2D eigenvalue weighted by molar-refractivity contribution is -0.121. The van der Waals surface area contributed by atoms with Gasteiger partial charge in [-0.05, 0) is 37.1 Å². The molecule has 11 nitrogen and oxygen atoms in total. The van der Waals surface area contributed by atoms with E-state index in [-0.39, 0.29) is 71.9 Å². The van der Waals surface area contributed by atoms with Crippen LogP contribution in [0.5, 0.6) is 28.7 Å². The van der Waals surface area contributed by atoms with Crippen LogP contribution in [-0.4, -0.2) is 56.1 Å². The molecular formula is C28H29FN2O9. The molecule has 2 aromatic carbocycles. The highest BCUT2D eigenvalue weighted by molar-refractivity contribution is 5.92. The van der Waals surface area contributed by atoms with E-state index in [0.717, 1.165) is 11.8 Å². The fourth-order valence-electron chi connectivity index (χ4n) is 4.50. The summed E-state index contributed by atoms with van der Waals surface area (Å²) in [5, 5.41) is 13.9. The Morgan fingerprint density at radius 2 is 1.88 bits per heavy atom. The number of methoxy groups -OCH3 is 2. The fourth-order valence-corrected chi connectivity index (χ4v) is 4.50. The molecule has 1 aromatic heterocycles. The zero-order valence-corrected chi connectivity index (χ0v) is 22.2. The molecule has 212 valence electrons. The Kier molecular flexibility index (Phi) is 8.77. The number of rotatable bonds is 11. The maximum Gasteiger partial charge on any atom is 0.343 e. The first-order chi connectivity index (χ1) is 19.3. The molecule has 12 heteroatoms. The largest absolute Gasteiger partial charge is 0.506 e. The van der Waals surface area contributed by atoms with Crippen molar-refractivity contribution in [2.75, 3.05) is 34.2 Å². The van der Waals surface area contributed by atoms with Crippen LogP contribution in [0.25, 0.3) is 0 Å². The van der Waals surface area contributed by atoms with E-state index in [0.29, 0.717) is 6.42 Å². The number of aromatic amines is 1. The Balaban J connectivity index is 1.75. The number of aromatic hydroxyl groups is 1. The van der Waals surface area contributed by atoms with Crippen molar-refractivity contribution in [2.45, 2.75) is 25.7 Å². The van der Waals surface area contributed by atoms with Crippen molar-refractivity contribution in [3.63, 3.8) is 0 Å². The molecule has 4 rings (SSSR count). The average Bonchev–Trinajstić information content (AvgIpc) is 3.43. The predicted molar refractivity (Wildman–Crippen MR) is 140 cm³/mol. The van der Waals surface area contributed by atoms with Crippen LogP contribution >= 0.6 is 0 Å². The van der Waals surface area contributed by atoms with Gasteiger partial charge in [-0.15, -0.1) is 0 Å². The summed E-state index contributed by atoms with van der Waals surface area (Å²) in [5.41, 5.74) is -0.160. The van der Waals surface area contributed by atoms with E-state index in [2.05, 4.69) is 10.3 Å². The monoisotopic (exact) mass is 556 g/mol. The number of ether oxygens (including phenoxy) is 5. The van der Waals surface area contributed by atoms with Gasteiger partial charge in [0, 0.05) is 30.6 Å². The van der Waals surface area contributed by atoms with Gasteiger partial charge in [0.2, 0.25) is 24.2 Å². The number of esters is 1. The second-order valence-corrected chi connectivity index (χ2v) is 8.76. The summed E-state index contributed by atoms with van der Waals surface area (Å²) < 4.78 is 40.4. The van der Waals surface area contributed by atoms with Crippen molar-refractivity contribution in [1.82, 2.24) is 10.3 Å². The highest BCUT2D eigenvalue weighted by Gasteiger charge is 2.35. The quantitative estimate of drug-likeness (QED) is 0.304. The first-order valence-corrected chi connectivity index (χ1v) is 12.5. The third-order valence-corrected chi connectivity index (χ3v) is 6.38. The van der Waals surface area contributed by atoms with Crippen LogP contribution in [0.4, 0.5) is 4.39 Å². The number of aromatic nitrogens is 1. The Morgan fingerprint density at radius 1 is 1.15 bits per heavy atom. The van der Waals surface area contributed by atoms with Crippen molar-refractivity contribution in [2.24, 2.45) is 0 Å². The molecule has 0 aliphatic carbocycles. The summed E-state index contributed by atoms with van der Waals surface area (Å²) in [6.07, 6.45) is 1.16. The first-order valence-electron chi connectivity index (χ1n) is 12.5. The SMILES string of the molecule is CCOC(=O)c1c[nH]c(=O)c(C(CC(=O)NCCc2ccc(F)cc2)c2cc(OC)c3c(c2OC)OCO3)c1O. The molecule has 3 aromatic rings. The van der Waals surface area contributed by atoms with Crippen molar-refractivity contribution in [3.8, 4) is 28.7 Å². The van der Waals surface area contributed by atoms with Gasteiger partial charge in [-0.2, -0.15) is 0 Å². The number of carbonyl (C=O) groups excluding carboxylic acids is 2. The van der Waals surface area contributed by atoms with Crippen molar-refractivity contribution < 1.29 is 42.8 Å². The number of halogens is 1. The Hall–Kier alpha value is -4.74. The van der Waals surface area contributed by atoms with Gasteiger partial charge < -0.3 is 39.1 Å². The van der Waals surface area contributed by atoms with Gasteiger partial charge in [0.1, 0.15) is 17.1 Å². The number of nitrogens with one attached hydrogen (secondary N) is 2. The molecule has 0 saturated carbocycles. The van der Waals surface area contributed by atoms with Gasteiger partial charge in [-0.1, -0.05) is 12.1 Å². The Labute approximate surface area is 228 Å². The van der Waals surface area contributed by atoms with E-state index in [9.17, 15) is 23.9 Å². The number of benzene rings is 2. The number of H-pyrrole nitrogens is 1. The number of hydrogen-bond donors (Lipinski definition) is 3. The van der Waals surface area contributed by atoms with E-state index in [1.807, 2.05) is 0 Å². The zero-order chi connectivity index (χ0) is 28.8. The van der Waals surface area contributed by atoms with Crippen LogP contribution in [0, 0.1) is 5.82 Å². The molecule has 3 N–H and O–H groups in total. The lowest BCUT2D eigenvalue weighted by Crippen LogP contribution is -2.29. The molecule has 0 fully saturated rings. The summed E-state index contributed by atoms with van der Waals surface area (Å²) in [7, 11) is 2.79. The molecule has 2 heterocycles. The van der Waals surface area contributed by atoms with Crippen LogP contribution in [0.15, 0.2) is 41.3 Å². The van der Waals surface area contributed by atoms with Crippen LogP contribution in [0.1, 0.15) is 46.3 Å². The lowest BCUT2D eigenvalue weighted by atomic mass is 9.86. The second kappa shape index (κ2) is 12.4. The summed E-state index contributed by atoms with van der Waals surface area (Å²) in [4.78, 5) is 41.3. The molecule has 1 atom stereocenters. The Morgan fingerprint density at radius 3 is 2.55 bits per heavy atom. The van der Waals surface area contributed by atoms with Crippen LogP contribution < -0.4 is 29.8 Å². The molecule has 1 amide bonds. The minimum atomic E-state index is -1.12. The molecule has 40 heavy (non-hydrogen) atoms. The van der Waals surface area contributed by atoms with E-state index < -0.39 is 29.1 Å². The molecule has 0 bridgehead atoms. The number of pyridine rings is 1. The minimum absolute atomic E-state index is 0.0415. The highest BCUT2D eigenvalue weighted by atomic mass is 19.1. The average molecular weight is 557 g/mol. The normalized spacial score (nSPS) is 12.5. The molecule has 0 saturated heterocycles. The molecule has 0 spiro atoms. The topological polar surface area (TPSA) is 145 Å². The third-order valence-electron chi connectivity index (χ3n) is 6.38. The second-order valence-electron chi connectivity index (χ2n) is 8.76. The van der Waals surface area contributed by atoms with Crippen molar-refractivity contribution in [1.29, 1.82) is 0 Å². The van der Waals surface area contributed by atoms with Gasteiger partial charge >= 0.3 is 5.97 Å². The maximum atomic E-state index is 13.2. The van der Waals surface area contributed by atoms with Gasteiger partial charge in [-0.25, -0.2) is 9.18 Å². The molecule has 1 aliphatic heterocycles. The first kappa shape index (κ1) is 28.3. The maximum absolute atomic E-state index is 13.2. The summed E-state index contributed by atoms with van der Waals surface area (Å²) in [5.74, 6) is -2.53. The fraction of sp³-hybridized carbons (Fsp3) is 0.321. The minimum Gasteiger partial charge on any atom is -0.506 e. The van der Waals surface area contributed by atoms with Gasteiger partial charge in [-0.3, -0.25) is 9.59 Å². The standard InChI is InChI=1S/C28H29FN2O9/c1-4-38-28(35)19-13-31-27(34)22(23(19)33)17(12-21(32)30-10-9-15-5-7-16(29)8-6-15)18-11-20(36-2)25-26(24(18)37-3)40-14-39-25/h5-8,11,13,17H,4,9-10,12,14H2,1-3H3,(H,30,32)(H2,31,33,34). The van der Waals surface area contributed by atoms with Gasteiger partial charge in [0.05, 0.1) is 26.4 Å². The predicted octanol–water partition coefficient (Wildman–Crippen LogP) is 3.02. The molecule has 1 aliphatic rings. The van der Waals surface area contributed by atoms with Crippen molar-refractivity contribution >= 4 is 11.9 Å². The van der Waals surface area contributed by atoms with Crippen LogP contribution in [-0.2, 0) is 16.0 Å². The summed E-state index contributed by atoms with van der Waals surface area (Å²) in [6.45, 7) is 1.76. The van der Waals surface area contributed by atoms with Crippen molar-refractivity contribution in [3.05, 3.63) is 75.0 Å². The van der Waals surface area contributed by atoms with E-state index in [4.69, 9.17) is 23.7 Å².